The van der Waals surface area contributed by atoms with E-state index in [1.54, 1.807) is 26.1 Å². The first-order chi connectivity index (χ1) is 14.8. The van der Waals surface area contributed by atoms with E-state index in [9.17, 15) is 9.18 Å². The molecule has 0 radical (unpaired) electrons. The van der Waals surface area contributed by atoms with Crippen LogP contribution in [-0.4, -0.2) is 34.6 Å². The number of carbonyl (C=O) groups excluding carboxylic acids is 1. The molecule has 0 saturated carbocycles. The number of fused-ring (bicyclic) bond motifs is 2. The summed E-state index contributed by atoms with van der Waals surface area (Å²) in [6, 6.07) is 10.2. The lowest BCUT2D eigenvalue weighted by molar-refractivity contribution is -0.135. The Kier molecular flexibility index (Phi) is 5.76. The number of halogens is 2. The number of amides is 1. The minimum absolute atomic E-state index is 0.0335. The minimum Gasteiger partial charge on any atom is -0.476 e. The van der Waals surface area contributed by atoms with E-state index in [0.29, 0.717) is 17.6 Å². The van der Waals surface area contributed by atoms with Crippen LogP contribution in [0.4, 0.5) is 10.2 Å². The number of nitrogens with zero attached hydrogens (tertiary/aromatic N) is 3. The molecule has 1 amide bonds. The van der Waals surface area contributed by atoms with E-state index in [-0.39, 0.29) is 22.7 Å². The molecule has 1 aromatic heterocycles. The second kappa shape index (κ2) is 8.35. The van der Waals surface area contributed by atoms with Crippen LogP contribution in [0, 0.1) is 17.1 Å². The lowest BCUT2D eigenvalue weighted by Crippen LogP contribution is -2.55. The molecular formula is C23H24ClFN4O2. The normalized spacial score (nSPS) is 22.7. The van der Waals surface area contributed by atoms with Gasteiger partial charge < -0.3 is 15.0 Å². The molecule has 0 aliphatic carbocycles. The molecule has 3 heterocycles. The predicted molar refractivity (Wildman–Crippen MR) is 116 cm³/mol. The van der Waals surface area contributed by atoms with E-state index in [0.717, 1.165) is 37.6 Å². The van der Waals surface area contributed by atoms with Gasteiger partial charge in [0, 0.05) is 24.3 Å². The molecule has 3 atom stereocenters. The molecular weight excluding hydrogens is 419 g/mol. The Labute approximate surface area is 186 Å². The van der Waals surface area contributed by atoms with Crippen LogP contribution in [-0.2, 0) is 4.79 Å². The molecule has 2 aliphatic heterocycles. The number of hydrogen-bond donors (Lipinski definition) is 1. The Morgan fingerprint density at radius 1 is 1.29 bits per heavy atom. The first-order valence-electron chi connectivity index (χ1n) is 10.4. The van der Waals surface area contributed by atoms with Crippen molar-refractivity contribution < 1.29 is 13.9 Å². The summed E-state index contributed by atoms with van der Waals surface area (Å²) in [6.07, 6.45) is 5.32. The van der Waals surface area contributed by atoms with E-state index in [1.807, 2.05) is 6.07 Å². The van der Waals surface area contributed by atoms with Gasteiger partial charge in [-0.15, -0.1) is 0 Å². The molecule has 162 valence electrons. The van der Waals surface area contributed by atoms with Gasteiger partial charge >= 0.3 is 0 Å². The van der Waals surface area contributed by atoms with Crippen LogP contribution in [0.5, 0.6) is 5.75 Å². The molecule has 31 heavy (non-hydrogen) atoms. The number of pyridine rings is 1. The molecule has 1 unspecified atom stereocenters. The average Bonchev–Trinajstić information content (AvgIpc) is 3.00. The second-order valence-corrected chi connectivity index (χ2v) is 9.05. The van der Waals surface area contributed by atoms with Gasteiger partial charge in [-0.1, -0.05) is 11.6 Å². The van der Waals surface area contributed by atoms with Crippen molar-refractivity contribution in [2.24, 2.45) is 0 Å². The molecule has 2 aliphatic rings. The number of rotatable bonds is 5. The number of aromatic nitrogens is 1. The van der Waals surface area contributed by atoms with E-state index in [2.05, 4.69) is 21.3 Å². The van der Waals surface area contributed by atoms with Crippen molar-refractivity contribution in [1.29, 1.82) is 5.26 Å². The van der Waals surface area contributed by atoms with Crippen molar-refractivity contribution in [2.45, 2.75) is 63.3 Å². The van der Waals surface area contributed by atoms with E-state index >= 15 is 0 Å². The van der Waals surface area contributed by atoms with Crippen LogP contribution in [0.3, 0.4) is 0 Å². The summed E-state index contributed by atoms with van der Waals surface area (Å²) < 4.78 is 19.1. The number of hydrogen-bond acceptors (Lipinski definition) is 5. The molecule has 0 spiro atoms. The molecule has 8 heteroatoms. The second-order valence-electron chi connectivity index (χ2n) is 8.64. The number of piperidine rings is 1. The highest BCUT2D eigenvalue weighted by atomic mass is 35.5. The first-order valence-corrected chi connectivity index (χ1v) is 10.7. The Morgan fingerprint density at radius 2 is 2.00 bits per heavy atom. The lowest BCUT2D eigenvalue weighted by atomic mass is 9.96. The summed E-state index contributed by atoms with van der Waals surface area (Å²) in [5.74, 6) is 0.455. The fraction of sp³-hybridized carbons (Fsp3) is 0.435. The van der Waals surface area contributed by atoms with Crippen molar-refractivity contribution in [3.63, 3.8) is 0 Å². The number of ether oxygens (including phenoxy) is 1. The Balaban J connectivity index is 1.40. The van der Waals surface area contributed by atoms with Gasteiger partial charge in [0.2, 0.25) is 0 Å². The van der Waals surface area contributed by atoms with Crippen LogP contribution >= 0.6 is 11.6 Å². The van der Waals surface area contributed by atoms with Gasteiger partial charge in [-0.3, -0.25) is 4.79 Å². The predicted octanol–water partition coefficient (Wildman–Crippen LogP) is 4.22. The Morgan fingerprint density at radius 3 is 2.58 bits per heavy atom. The standard InChI is InChI=1S/C23H24ClFN4O2/c1-23(2,31-20-7-4-15(25)9-19(20)24)22(30)28-16-10-17-5-6-18(11-16)29(17)21-8-3-14(12-26)13-27-21/h3-4,7-9,13,16-18H,5-6,10-11H2,1-2H3,(H,28,30)/t16?,17-,18+. The molecule has 2 fully saturated rings. The van der Waals surface area contributed by atoms with Gasteiger partial charge in [0.1, 0.15) is 23.5 Å². The Hall–Kier alpha value is -2.85. The van der Waals surface area contributed by atoms with Crippen molar-refractivity contribution in [3.8, 4) is 11.8 Å². The van der Waals surface area contributed by atoms with Gasteiger partial charge in [-0.2, -0.15) is 5.26 Å². The maximum Gasteiger partial charge on any atom is 0.263 e. The van der Waals surface area contributed by atoms with Crippen LogP contribution in [0.2, 0.25) is 5.02 Å². The molecule has 2 saturated heterocycles. The summed E-state index contributed by atoms with van der Waals surface area (Å²) >= 11 is 6.05. The third-order valence-corrected chi connectivity index (χ3v) is 6.31. The van der Waals surface area contributed by atoms with Gasteiger partial charge in [-0.25, -0.2) is 9.37 Å². The van der Waals surface area contributed by atoms with Crippen molar-refractivity contribution in [1.82, 2.24) is 10.3 Å². The van der Waals surface area contributed by atoms with E-state index < -0.39 is 11.4 Å². The van der Waals surface area contributed by atoms with Crippen molar-refractivity contribution >= 4 is 23.3 Å². The minimum atomic E-state index is -1.16. The summed E-state index contributed by atoms with van der Waals surface area (Å²) in [5.41, 5.74) is -0.617. The van der Waals surface area contributed by atoms with Gasteiger partial charge in [-0.05, 0) is 69.9 Å². The van der Waals surface area contributed by atoms with Crippen LogP contribution in [0.1, 0.15) is 45.1 Å². The van der Waals surface area contributed by atoms with Crippen LogP contribution in [0.15, 0.2) is 36.5 Å². The molecule has 2 bridgehead atoms. The zero-order chi connectivity index (χ0) is 22.2. The third-order valence-electron chi connectivity index (χ3n) is 6.02. The maximum atomic E-state index is 13.3. The number of nitrogens with one attached hydrogen (secondary N) is 1. The van der Waals surface area contributed by atoms with Crippen LogP contribution < -0.4 is 15.0 Å². The topological polar surface area (TPSA) is 78.2 Å². The van der Waals surface area contributed by atoms with Gasteiger partial charge in [0.15, 0.2) is 5.60 Å². The molecule has 1 N–H and O–H groups in total. The smallest absolute Gasteiger partial charge is 0.263 e. The third kappa shape index (κ3) is 4.45. The largest absolute Gasteiger partial charge is 0.476 e. The fourth-order valence-corrected chi connectivity index (χ4v) is 4.72. The SMILES string of the molecule is CC(C)(Oc1ccc(F)cc1Cl)C(=O)NC1C[C@H]2CC[C@@H](C1)N2c1ccc(C#N)cn1. The summed E-state index contributed by atoms with van der Waals surface area (Å²) in [6.45, 7) is 3.35. The molecule has 4 rings (SSSR count). The highest BCUT2D eigenvalue weighted by molar-refractivity contribution is 6.32. The average molecular weight is 443 g/mol. The summed E-state index contributed by atoms with van der Waals surface area (Å²) in [7, 11) is 0. The van der Waals surface area contributed by atoms with E-state index in [1.165, 1.54) is 12.1 Å². The monoisotopic (exact) mass is 442 g/mol. The quantitative estimate of drug-likeness (QED) is 0.750. The highest BCUT2D eigenvalue weighted by Crippen LogP contribution is 2.39. The van der Waals surface area contributed by atoms with Gasteiger partial charge in [0.05, 0.1) is 10.6 Å². The summed E-state index contributed by atoms with van der Waals surface area (Å²) in [4.78, 5) is 19.7. The molecule has 1 aromatic carbocycles. The van der Waals surface area contributed by atoms with Crippen LogP contribution in [0.25, 0.3) is 0 Å². The van der Waals surface area contributed by atoms with Crippen molar-refractivity contribution in [3.05, 3.63) is 52.9 Å². The summed E-state index contributed by atoms with van der Waals surface area (Å²) in [5, 5.41) is 12.2. The lowest BCUT2D eigenvalue weighted by Gasteiger charge is -2.40. The first kappa shape index (κ1) is 21.4. The number of anilines is 1. The number of nitriles is 1. The molecule has 6 nitrogen and oxygen atoms in total. The highest BCUT2D eigenvalue weighted by Gasteiger charge is 2.43. The van der Waals surface area contributed by atoms with Crippen molar-refractivity contribution in [2.75, 3.05) is 4.90 Å². The van der Waals surface area contributed by atoms with Gasteiger partial charge in [0.25, 0.3) is 5.91 Å². The number of carbonyl (C=O) groups is 1. The number of benzene rings is 1. The Bertz CT molecular complexity index is 1010. The fourth-order valence-electron chi connectivity index (χ4n) is 4.51. The zero-order valence-electron chi connectivity index (χ0n) is 17.4. The zero-order valence-corrected chi connectivity index (χ0v) is 18.2. The molecule has 2 aromatic rings. The maximum absolute atomic E-state index is 13.3. The van der Waals surface area contributed by atoms with E-state index in [4.69, 9.17) is 21.6 Å².